The summed E-state index contributed by atoms with van der Waals surface area (Å²) in [4.78, 5) is 26.7. The van der Waals surface area contributed by atoms with Crippen LogP contribution in [0.25, 0.3) is 0 Å². The second kappa shape index (κ2) is 10.2. The van der Waals surface area contributed by atoms with E-state index in [0.29, 0.717) is 24.3 Å². The monoisotopic (exact) mass is 432 g/mol. The summed E-state index contributed by atoms with van der Waals surface area (Å²) in [7, 11) is 0. The van der Waals surface area contributed by atoms with Gasteiger partial charge >= 0.3 is 0 Å². The molecule has 0 unspecified atom stereocenters. The van der Waals surface area contributed by atoms with Gasteiger partial charge in [0.25, 0.3) is 11.8 Å². The molecule has 0 saturated carbocycles. The molecule has 2 amide bonds. The van der Waals surface area contributed by atoms with E-state index >= 15 is 0 Å². The topological polar surface area (TPSA) is 129 Å². The van der Waals surface area contributed by atoms with E-state index in [2.05, 4.69) is 5.32 Å². The molecule has 1 saturated heterocycles. The quantitative estimate of drug-likeness (QED) is 0.405. The van der Waals surface area contributed by atoms with E-state index in [0.717, 1.165) is 11.1 Å². The number of amidine groups is 1. The van der Waals surface area contributed by atoms with Crippen molar-refractivity contribution in [2.45, 2.75) is 25.7 Å². The molecule has 0 aromatic heterocycles. The van der Waals surface area contributed by atoms with Gasteiger partial charge in [0.2, 0.25) is 0 Å². The van der Waals surface area contributed by atoms with Gasteiger partial charge in [-0.05, 0) is 36.8 Å². The fraction of sp³-hybridized carbons (Fsp3) is 0.286. The molecule has 1 aliphatic heterocycles. The van der Waals surface area contributed by atoms with Crippen LogP contribution in [0.2, 0.25) is 0 Å². The Morgan fingerprint density at radius 3 is 2.50 bits per heavy atom. The Balaban J connectivity index is 0.00000320. The third kappa shape index (κ3) is 5.56. The number of anilines is 1. The van der Waals surface area contributed by atoms with E-state index in [1.807, 2.05) is 31.2 Å². The minimum absolute atomic E-state index is 0. The van der Waals surface area contributed by atoms with Gasteiger partial charge in [-0.1, -0.05) is 29.8 Å². The molecule has 2 aromatic carbocycles. The van der Waals surface area contributed by atoms with Gasteiger partial charge in [-0.15, -0.1) is 12.4 Å². The molecule has 5 N–H and O–H groups in total. The van der Waals surface area contributed by atoms with Gasteiger partial charge in [0.15, 0.2) is 12.2 Å². The van der Waals surface area contributed by atoms with Crippen LogP contribution in [-0.2, 0) is 20.9 Å². The number of nitrogen functional groups attached to an aromatic ring is 1. The Labute approximate surface area is 180 Å². The number of amides is 2. The van der Waals surface area contributed by atoms with Gasteiger partial charge in [-0.3, -0.25) is 15.0 Å². The number of aliphatic hydroxyl groups is 1. The van der Waals surface area contributed by atoms with Crippen molar-refractivity contribution in [1.29, 1.82) is 5.41 Å². The number of carbonyl (C=O) groups excluding carboxylic acids is 2. The van der Waals surface area contributed by atoms with Crippen molar-refractivity contribution < 1.29 is 19.4 Å². The van der Waals surface area contributed by atoms with Gasteiger partial charge < -0.3 is 25.8 Å². The number of nitrogens with zero attached hydrogens (tertiary/aromatic N) is 1. The van der Waals surface area contributed by atoms with Crippen LogP contribution in [0.4, 0.5) is 5.69 Å². The Bertz CT molecular complexity index is 902. The number of hydrogen-bond donors (Lipinski definition) is 4. The molecule has 2 atom stereocenters. The number of ether oxygens (including phenoxy) is 1. The first kappa shape index (κ1) is 23.3. The standard InChI is InChI=1S/C21H24N4O4.ClH/c1-13-2-4-14(5-3-13)12-25-10-11-29-18(21(25)28)17(26)20(27)24-16-8-6-15(7-9-16)19(22)23;/h2-9,17-18,26H,10-12H2,1H3,(H3,22,23)(H,24,27);1H/t17-,18-;/m1./s1. The normalized spacial score (nSPS) is 17.1. The first-order valence-electron chi connectivity index (χ1n) is 9.24. The summed E-state index contributed by atoms with van der Waals surface area (Å²) in [6.07, 6.45) is -2.90. The summed E-state index contributed by atoms with van der Waals surface area (Å²) in [5, 5.41) is 20.3. The summed E-state index contributed by atoms with van der Waals surface area (Å²) < 4.78 is 5.40. The Morgan fingerprint density at radius 2 is 1.90 bits per heavy atom. The number of nitrogens with one attached hydrogen (secondary N) is 2. The SMILES string of the molecule is Cc1ccc(CN2CCO[C@H]([C@@H](O)C(=O)Nc3ccc(C(=N)N)cc3)C2=O)cc1.Cl. The minimum atomic E-state index is -1.64. The molecule has 2 aromatic rings. The first-order valence-corrected chi connectivity index (χ1v) is 9.24. The van der Waals surface area contributed by atoms with Crippen molar-refractivity contribution in [2.75, 3.05) is 18.5 Å². The highest BCUT2D eigenvalue weighted by atomic mass is 35.5. The smallest absolute Gasteiger partial charge is 0.256 e. The summed E-state index contributed by atoms with van der Waals surface area (Å²) in [5.41, 5.74) is 8.42. The highest BCUT2D eigenvalue weighted by molar-refractivity contribution is 5.99. The van der Waals surface area contributed by atoms with Crippen LogP contribution in [0, 0.1) is 12.3 Å². The zero-order chi connectivity index (χ0) is 21.0. The van der Waals surface area contributed by atoms with Crippen LogP contribution in [0.15, 0.2) is 48.5 Å². The predicted octanol–water partition coefficient (Wildman–Crippen LogP) is 1.43. The third-order valence-electron chi connectivity index (χ3n) is 4.73. The van der Waals surface area contributed by atoms with E-state index < -0.39 is 24.0 Å². The van der Waals surface area contributed by atoms with Crippen LogP contribution in [0.5, 0.6) is 0 Å². The van der Waals surface area contributed by atoms with Crippen molar-refractivity contribution in [3.05, 3.63) is 65.2 Å². The molecule has 1 heterocycles. The molecule has 0 bridgehead atoms. The summed E-state index contributed by atoms with van der Waals surface area (Å²) in [5.74, 6) is -1.25. The number of rotatable bonds is 6. The number of nitrogens with two attached hydrogens (primary N) is 1. The van der Waals surface area contributed by atoms with Crippen molar-refractivity contribution >= 4 is 35.7 Å². The number of morpholine rings is 1. The minimum Gasteiger partial charge on any atom is -0.384 e. The van der Waals surface area contributed by atoms with Crippen molar-refractivity contribution in [1.82, 2.24) is 4.90 Å². The van der Waals surface area contributed by atoms with Gasteiger partial charge in [0.05, 0.1) is 6.61 Å². The molecule has 1 aliphatic rings. The molecule has 1 fully saturated rings. The molecular weight excluding hydrogens is 408 g/mol. The van der Waals surface area contributed by atoms with E-state index in [9.17, 15) is 14.7 Å². The highest BCUT2D eigenvalue weighted by Crippen LogP contribution is 2.17. The summed E-state index contributed by atoms with van der Waals surface area (Å²) >= 11 is 0. The van der Waals surface area contributed by atoms with Crippen LogP contribution in [-0.4, -0.2) is 53.0 Å². The van der Waals surface area contributed by atoms with Gasteiger partial charge in [0, 0.05) is 24.3 Å². The predicted molar refractivity (Wildman–Crippen MR) is 116 cm³/mol. The average molecular weight is 433 g/mol. The lowest BCUT2D eigenvalue weighted by Crippen LogP contribution is -2.54. The van der Waals surface area contributed by atoms with Gasteiger partial charge in [0.1, 0.15) is 5.84 Å². The number of aryl methyl sites for hydroxylation is 1. The fourth-order valence-electron chi connectivity index (χ4n) is 3.04. The van der Waals surface area contributed by atoms with E-state index in [-0.39, 0.29) is 24.8 Å². The van der Waals surface area contributed by atoms with Crippen LogP contribution < -0.4 is 11.1 Å². The fourth-order valence-corrected chi connectivity index (χ4v) is 3.04. The maximum atomic E-state index is 12.7. The van der Waals surface area contributed by atoms with Crippen LogP contribution in [0.3, 0.4) is 0 Å². The van der Waals surface area contributed by atoms with Crippen molar-refractivity contribution in [3.63, 3.8) is 0 Å². The number of carbonyl (C=O) groups is 2. The summed E-state index contributed by atoms with van der Waals surface area (Å²) in [6, 6.07) is 14.1. The number of hydrogen-bond acceptors (Lipinski definition) is 5. The zero-order valence-corrected chi connectivity index (χ0v) is 17.3. The maximum Gasteiger partial charge on any atom is 0.256 e. The van der Waals surface area contributed by atoms with E-state index in [1.54, 1.807) is 29.2 Å². The molecule has 0 radical (unpaired) electrons. The zero-order valence-electron chi connectivity index (χ0n) is 16.5. The van der Waals surface area contributed by atoms with Crippen LogP contribution >= 0.6 is 12.4 Å². The molecule has 30 heavy (non-hydrogen) atoms. The van der Waals surface area contributed by atoms with Crippen LogP contribution in [0.1, 0.15) is 16.7 Å². The first-order chi connectivity index (χ1) is 13.8. The molecule has 3 rings (SSSR count). The number of benzene rings is 2. The second-order valence-electron chi connectivity index (χ2n) is 6.96. The third-order valence-corrected chi connectivity index (χ3v) is 4.73. The highest BCUT2D eigenvalue weighted by Gasteiger charge is 2.38. The number of aliphatic hydroxyl groups excluding tert-OH is 1. The summed E-state index contributed by atoms with van der Waals surface area (Å²) in [6.45, 7) is 3.01. The molecule has 0 aliphatic carbocycles. The molecule has 9 heteroatoms. The average Bonchev–Trinajstić information content (AvgIpc) is 2.71. The largest absolute Gasteiger partial charge is 0.384 e. The Hall–Kier alpha value is -2.94. The van der Waals surface area contributed by atoms with Gasteiger partial charge in [-0.2, -0.15) is 0 Å². The number of halogens is 1. The molecule has 160 valence electrons. The van der Waals surface area contributed by atoms with Gasteiger partial charge in [-0.25, -0.2) is 0 Å². The van der Waals surface area contributed by atoms with E-state index in [4.69, 9.17) is 15.9 Å². The lowest BCUT2D eigenvalue weighted by atomic mass is 10.1. The Kier molecular flexibility index (Phi) is 7.93. The van der Waals surface area contributed by atoms with Crippen molar-refractivity contribution in [2.24, 2.45) is 5.73 Å². The molecular formula is C21H25ClN4O4. The van der Waals surface area contributed by atoms with E-state index in [1.165, 1.54) is 0 Å². The lowest BCUT2D eigenvalue weighted by Gasteiger charge is -2.34. The second-order valence-corrected chi connectivity index (χ2v) is 6.96. The molecule has 0 spiro atoms. The van der Waals surface area contributed by atoms with Crippen molar-refractivity contribution in [3.8, 4) is 0 Å². The maximum absolute atomic E-state index is 12.7. The lowest BCUT2D eigenvalue weighted by molar-refractivity contribution is -0.166. The Morgan fingerprint density at radius 1 is 1.27 bits per heavy atom. The molecule has 8 nitrogen and oxygen atoms in total.